The van der Waals surface area contributed by atoms with Crippen LogP contribution in [0, 0.1) is 11.3 Å². The quantitative estimate of drug-likeness (QED) is 0.924. The molecule has 2 rings (SSSR count). The van der Waals surface area contributed by atoms with Crippen molar-refractivity contribution in [3.63, 3.8) is 0 Å². The van der Waals surface area contributed by atoms with Gasteiger partial charge in [-0.25, -0.2) is 0 Å². The zero-order valence-electron chi connectivity index (χ0n) is 11.6. The highest BCUT2D eigenvalue weighted by Gasteiger charge is 2.11. The second-order valence-corrected chi connectivity index (χ2v) is 4.55. The Bertz CT molecular complexity index is 616. The van der Waals surface area contributed by atoms with Gasteiger partial charge < -0.3 is 10.0 Å². The summed E-state index contributed by atoms with van der Waals surface area (Å²) in [7, 11) is 1.89. The highest BCUT2D eigenvalue weighted by molar-refractivity contribution is 5.68. The molecule has 1 aromatic carbocycles. The van der Waals surface area contributed by atoms with Gasteiger partial charge in [0.25, 0.3) is 0 Å². The molecule has 2 aromatic rings. The first kappa shape index (κ1) is 14.0. The van der Waals surface area contributed by atoms with Gasteiger partial charge in [-0.3, -0.25) is 4.98 Å². The topological polar surface area (TPSA) is 60.1 Å². The van der Waals surface area contributed by atoms with Crippen molar-refractivity contribution in [3.8, 4) is 6.07 Å². The summed E-state index contributed by atoms with van der Waals surface area (Å²) >= 11 is 0. The summed E-state index contributed by atoms with van der Waals surface area (Å²) in [4.78, 5) is 6.19. The van der Waals surface area contributed by atoms with Gasteiger partial charge >= 0.3 is 0 Å². The summed E-state index contributed by atoms with van der Waals surface area (Å²) in [5, 5.41) is 18.9. The second-order valence-electron chi connectivity index (χ2n) is 4.55. The molecule has 1 N–H and O–H groups in total. The zero-order valence-corrected chi connectivity index (χ0v) is 11.6. The third-order valence-corrected chi connectivity index (χ3v) is 3.27. The molecule has 102 valence electrons. The van der Waals surface area contributed by atoms with E-state index >= 15 is 0 Å². The molecule has 0 aliphatic rings. The molecule has 0 saturated carbocycles. The average molecular weight is 267 g/mol. The Hall–Kier alpha value is -2.38. The highest BCUT2D eigenvalue weighted by atomic mass is 16.3. The maximum Gasteiger partial charge on any atom is 0.101 e. The number of rotatable bonds is 4. The van der Waals surface area contributed by atoms with Gasteiger partial charge in [0, 0.05) is 7.05 Å². The Balaban J connectivity index is 2.30. The number of nitrogens with zero attached hydrogens (tertiary/aromatic N) is 3. The molecule has 0 amide bonds. The van der Waals surface area contributed by atoms with Crippen molar-refractivity contribution in [2.45, 2.75) is 19.4 Å². The van der Waals surface area contributed by atoms with Crippen LogP contribution in [0.15, 0.2) is 42.6 Å². The fourth-order valence-electron chi connectivity index (χ4n) is 2.00. The molecule has 0 aliphatic carbocycles. The molecule has 0 spiro atoms. The van der Waals surface area contributed by atoms with Gasteiger partial charge in [0.1, 0.15) is 6.07 Å². The lowest BCUT2D eigenvalue weighted by Crippen LogP contribution is -2.11. The predicted molar refractivity (Wildman–Crippen MR) is 78.7 cm³/mol. The van der Waals surface area contributed by atoms with Gasteiger partial charge in [0.05, 0.1) is 34.9 Å². The Morgan fingerprint density at radius 1 is 1.30 bits per heavy atom. The van der Waals surface area contributed by atoms with Crippen molar-refractivity contribution in [1.29, 1.82) is 5.26 Å². The van der Waals surface area contributed by atoms with Crippen LogP contribution in [0.4, 0.5) is 11.4 Å². The minimum atomic E-state index is -0.527. The Morgan fingerprint density at radius 3 is 2.65 bits per heavy atom. The molecule has 1 atom stereocenters. The lowest BCUT2D eigenvalue weighted by Gasteiger charge is -2.20. The van der Waals surface area contributed by atoms with Crippen molar-refractivity contribution < 1.29 is 5.11 Å². The number of benzene rings is 1. The molecular weight excluding hydrogens is 250 g/mol. The number of hydrogen-bond acceptors (Lipinski definition) is 4. The molecule has 4 heteroatoms. The van der Waals surface area contributed by atoms with Gasteiger partial charge in [-0.15, -0.1) is 0 Å². The van der Waals surface area contributed by atoms with E-state index in [0.717, 1.165) is 11.4 Å². The molecule has 1 aromatic heterocycles. The lowest BCUT2D eigenvalue weighted by atomic mass is 10.1. The molecule has 0 fully saturated rings. The minimum Gasteiger partial charge on any atom is -0.387 e. The van der Waals surface area contributed by atoms with E-state index in [-0.39, 0.29) is 0 Å². The third kappa shape index (κ3) is 2.79. The summed E-state index contributed by atoms with van der Waals surface area (Å²) in [6.07, 6.45) is 1.82. The number of anilines is 2. The summed E-state index contributed by atoms with van der Waals surface area (Å²) < 4.78 is 0. The smallest absolute Gasteiger partial charge is 0.101 e. The van der Waals surface area contributed by atoms with E-state index in [2.05, 4.69) is 11.1 Å². The molecule has 0 radical (unpaired) electrons. The molecule has 20 heavy (non-hydrogen) atoms. The molecule has 0 unspecified atom stereocenters. The molecule has 0 aliphatic heterocycles. The maximum absolute atomic E-state index is 9.74. The fourth-order valence-corrected chi connectivity index (χ4v) is 2.00. The summed E-state index contributed by atoms with van der Waals surface area (Å²) in [6, 6.07) is 13.3. The van der Waals surface area contributed by atoms with Crippen LogP contribution in [0.3, 0.4) is 0 Å². The van der Waals surface area contributed by atoms with Gasteiger partial charge in [-0.1, -0.05) is 19.1 Å². The van der Waals surface area contributed by atoms with Crippen LogP contribution in [0.25, 0.3) is 0 Å². The van der Waals surface area contributed by atoms with Gasteiger partial charge in [0.15, 0.2) is 0 Å². The van der Waals surface area contributed by atoms with Crippen LogP contribution in [-0.2, 0) is 0 Å². The normalized spacial score (nSPS) is 11.7. The standard InChI is InChI=1S/C16H17N3O/c1-3-16(20)14-9-8-13(11-18-14)19(2)15-7-5-4-6-12(15)10-17/h4-9,11,16,20H,3H2,1-2H3/t16-/m1/s1. The third-order valence-electron chi connectivity index (χ3n) is 3.27. The number of aliphatic hydroxyl groups excluding tert-OH is 1. The lowest BCUT2D eigenvalue weighted by molar-refractivity contribution is 0.169. The molecule has 1 heterocycles. The van der Waals surface area contributed by atoms with Crippen molar-refractivity contribution >= 4 is 11.4 Å². The first-order chi connectivity index (χ1) is 9.67. The number of nitriles is 1. The van der Waals surface area contributed by atoms with E-state index in [9.17, 15) is 5.11 Å². The van der Waals surface area contributed by atoms with E-state index in [1.165, 1.54) is 0 Å². The SMILES string of the molecule is CC[C@@H](O)c1ccc(N(C)c2ccccc2C#N)cn1. The van der Waals surface area contributed by atoms with Gasteiger partial charge in [-0.05, 0) is 30.7 Å². The van der Waals surface area contributed by atoms with Crippen molar-refractivity contribution in [2.75, 3.05) is 11.9 Å². The van der Waals surface area contributed by atoms with E-state index in [0.29, 0.717) is 17.7 Å². The Labute approximate surface area is 118 Å². The van der Waals surface area contributed by atoms with Crippen molar-refractivity contribution in [3.05, 3.63) is 53.9 Å². The first-order valence-electron chi connectivity index (χ1n) is 6.54. The monoisotopic (exact) mass is 267 g/mol. The molecule has 0 saturated heterocycles. The number of aliphatic hydroxyl groups is 1. The second kappa shape index (κ2) is 6.18. The molecule has 0 bridgehead atoms. The summed E-state index contributed by atoms with van der Waals surface area (Å²) in [5.74, 6) is 0. The van der Waals surface area contributed by atoms with Crippen molar-refractivity contribution in [1.82, 2.24) is 4.98 Å². The fraction of sp³-hybridized carbons (Fsp3) is 0.250. The number of aromatic nitrogens is 1. The first-order valence-corrected chi connectivity index (χ1v) is 6.54. The number of pyridine rings is 1. The van der Waals surface area contributed by atoms with E-state index in [1.54, 1.807) is 12.3 Å². The average Bonchev–Trinajstić information content (AvgIpc) is 2.53. The maximum atomic E-state index is 9.74. The van der Waals surface area contributed by atoms with Crippen LogP contribution >= 0.6 is 0 Å². The van der Waals surface area contributed by atoms with Crippen LogP contribution in [0.2, 0.25) is 0 Å². The minimum absolute atomic E-state index is 0.527. The zero-order chi connectivity index (χ0) is 14.5. The van der Waals surface area contributed by atoms with Crippen LogP contribution in [-0.4, -0.2) is 17.1 Å². The number of para-hydroxylation sites is 1. The largest absolute Gasteiger partial charge is 0.387 e. The van der Waals surface area contributed by atoms with Crippen LogP contribution in [0.1, 0.15) is 30.7 Å². The van der Waals surface area contributed by atoms with E-state index < -0.39 is 6.10 Å². The number of hydrogen-bond donors (Lipinski definition) is 1. The summed E-state index contributed by atoms with van der Waals surface area (Å²) in [6.45, 7) is 1.91. The molecule has 4 nitrogen and oxygen atoms in total. The highest BCUT2D eigenvalue weighted by Crippen LogP contribution is 2.26. The predicted octanol–water partition coefficient (Wildman–Crippen LogP) is 3.16. The summed E-state index contributed by atoms with van der Waals surface area (Å²) in [5.41, 5.74) is 2.99. The van der Waals surface area contributed by atoms with E-state index in [4.69, 9.17) is 5.26 Å². The van der Waals surface area contributed by atoms with Gasteiger partial charge in [-0.2, -0.15) is 5.26 Å². The van der Waals surface area contributed by atoms with E-state index in [1.807, 2.05) is 49.2 Å². The Kier molecular flexibility index (Phi) is 4.34. The van der Waals surface area contributed by atoms with Crippen LogP contribution < -0.4 is 4.90 Å². The van der Waals surface area contributed by atoms with Gasteiger partial charge in [0.2, 0.25) is 0 Å². The van der Waals surface area contributed by atoms with Crippen LogP contribution in [0.5, 0.6) is 0 Å². The Morgan fingerprint density at radius 2 is 2.05 bits per heavy atom. The van der Waals surface area contributed by atoms with Crippen molar-refractivity contribution in [2.24, 2.45) is 0 Å². The molecular formula is C16H17N3O.